The lowest BCUT2D eigenvalue weighted by molar-refractivity contribution is -0.140. The van der Waals surface area contributed by atoms with E-state index in [1.165, 1.54) is 17.0 Å². The van der Waals surface area contributed by atoms with Crippen LogP contribution in [0.15, 0.2) is 108 Å². The number of benzene rings is 4. The summed E-state index contributed by atoms with van der Waals surface area (Å²) in [6.45, 7) is 5.05. The molecule has 1 N–H and O–H groups in total. The average Bonchev–Trinajstić information content (AvgIpc) is 3.02. The zero-order valence-corrected chi connectivity index (χ0v) is 27.4. The van der Waals surface area contributed by atoms with Gasteiger partial charge in [-0.05, 0) is 80.4 Å². The summed E-state index contributed by atoms with van der Waals surface area (Å²) in [5.41, 5.74) is 2.73. The predicted octanol–water partition coefficient (Wildman–Crippen LogP) is 6.02. The molecule has 45 heavy (non-hydrogen) atoms. The van der Waals surface area contributed by atoms with Crippen LogP contribution in [0.1, 0.15) is 30.5 Å². The Hall–Kier alpha value is -4.34. The highest BCUT2D eigenvalue weighted by molar-refractivity contribution is 7.92. The third-order valence-corrected chi connectivity index (χ3v) is 9.23. The lowest BCUT2D eigenvalue weighted by Gasteiger charge is -2.34. The minimum absolute atomic E-state index is 0.0357. The highest BCUT2D eigenvalue weighted by Crippen LogP contribution is 2.27. The molecule has 4 rings (SSSR count). The lowest BCUT2D eigenvalue weighted by atomic mass is 10.0. The summed E-state index contributed by atoms with van der Waals surface area (Å²) in [4.78, 5) is 29.8. The Bertz CT molecular complexity index is 1700. The van der Waals surface area contributed by atoms with E-state index in [2.05, 4.69) is 5.32 Å². The first-order chi connectivity index (χ1) is 21.5. The van der Waals surface area contributed by atoms with Gasteiger partial charge in [0.25, 0.3) is 10.0 Å². The summed E-state index contributed by atoms with van der Waals surface area (Å²) in [5, 5.41) is 3.38. The highest BCUT2D eigenvalue weighted by atomic mass is 35.5. The molecule has 0 bridgehead atoms. The summed E-state index contributed by atoms with van der Waals surface area (Å²) in [6, 6.07) is 28.2. The van der Waals surface area contributed by atoms with Crippen molar-refractivity contribution in [2.24, 2.45) is 0 Å². The van der Waals surface area contributed by atoms with Crippen molar-refractivity contribution in [1.82, 2.24) is 10.2 Å². The van der Waals surface area contributed by atoms with Crippen LogP contribution in [-0.2, 0) is 32.6 Å². The molecule has 0 heterocycles. The zero-order chi connectivity index (χ0) is 32.6. The average molecular weight is 648 g/mol. The molecule has 0 saturated carbocycles. The number of carbonyl (C=O) groups excluding carboxylic acids is 2. The van der Waals surface area contributed by atoms with Gasteiger partial charge in [0.1, 0.15) is 18.3 Å². The second-order valence-corrected chi connectivity index (χ2v) is 13.3. The zero-order valence-electron chi connectivity index (χ0n) is 25.8. The van der Waals surface area contributed by atoms with Crippen LogP contribution in [0, 0.1) is 6.92 Å². The number of rotatable bonds is 13. The van der Waals surface area contributed by atoms with E-state index < -0.39 is 28.5 Å². The molecule has 0 saturated heterocycles. The molecule has 236 valence electrons. The summed E-state index contributed by atoms with van der Waals surface area (Å²) >= 11 is 6.13. The molecule has 4 aromatic carbocycles. The van der Waals surface area contributed by atoms with Crippen molar-refractivity contribution < 1.29 is 22.7 Å². The van der Waals surface area contributed by atoms with Gasteiger partial charge in [-0.1, -0.05) is 71.8 Å². The number of amides is 2. The summed E-state index contributed by atoms with van der Waals surface area (Å²) in [5.74, 6) is -0.302. The minimum Gasteiger partial charge on any atom is -0.497 e. The largest absolute Gasteiger partial charge is 0.497 e. The molecule has 0 fully saturated rings. The van der Waals surface area contributed by atoms with E-state index in [0.717, 1.165) is 21.0 Å². The van der Waals surface area contributed by atoms with Crippen molar-refractivity contribution in [1.29, 1.82) is 0 Å². The molecular formula is C35H38ClN3O5S. The number of methoxy groups -OCH3 is 1. The highest BCUT2D eigenvalue weighted by Gasteiger charge is 2.35. The smallest absolute Gasteiger partial charge is 0.264 e. The van der Waals surface area contributed by atoms with Crippen LogP contribution in [0.2, 0.25) is 5.02 Å². The summed E-state index contributed by atoms with van der Waals surface area (Å²) < 4.78 is 34.7. The van der Waals surface area contributed by atoms with E-state index in [9.17, 15) is 18.0 Å². The predicted molar refractivity (Wildman–Crippen MR) is 178 cm³/mol. The summed E-state index contributed by atoms with van der Waals surface area (Å²) in [6.07, 6.45) is 0.223. The second-order valence-electron chi connectivity index (χ2n) is 11.0. The molecule has 0 spiro atoms. The van der Waals surface area contributed by atoms with Gasteiger partial charge in [0.2, 0.25) is 11.8 Å². The molecule has 0 aliphatic carbocycles. The van der Waals surface area contributed by atoms with Crippen LogP contribution < -0.4 is 14.4 Å². The Kier molecular flexibility index (Phi) is 11.3. The van der Waals surface area contributed by atoms with Gasteiger partial charge in [0.05, 0.1) is 17.7 Å². The first-order valence-corrected chi connectivity index (χ1v) is 16.4. The fraction of sp³-hybridized carbons (Fsp3) is 0.257. The number of anilines is 1. The van der Waals surface area contributed by atoms with E-state index in [1.807, 2.05) is 57.2 Å². The maximum Gasteiger partial charge on any atom is 0.264 e. The van der Waals surface area contributed by atoms with Gasteiger partial charge in [-0.3, -0.25) is 13.9 Å². The quantitative estimate of drug-likeness (QED) is 0.192. The molecule has 2 amide bonds. The maximum atomic E-state index is 14.5. The third kappa shape index (κ3) is 8.86. The number of hydrogen-bond acceptors (Lipinski definition) is 5. The minimum atomic E-state index is -4.20. The van der Waals surface area contributed by atoms with Crippen LogP contribution in [-0.4, -0.2) is 50.9 Å². The molecular weight excluding hydrogens is 610 g/mol. The van der Waals surface area contributed by atoms with E-state index in [0.29, 0.717) is 10.8 Å². The van der Waals surface area contributed by atoms with E-state index >= 15 is 0 Å². The monoisotopic (exact) mass is 647 g/mol. The maximum absolute atomic E-state index is 14.5. The SMILES string of the molecule is COc1cccc(CN(C(=O)CN(c2ccc(Cl)cc2)S(=O)(=O)c2ccc(C)cc2)[C@@H](Cc2ccccc2)C(=O)NC(C)C)c1. The fourth-order valence-corrected chi connectivity index (χ4v) is 6.42. The van der Waals surface area contributed by atoms with Gasteiger partial charge in [0, 0.05) is 24.0 Å². The van der Waals surface area contributed by atoms with Crippen LogP contribution >= 0.6 is 11.6 Å². The molecule has 4 aromatic rings. The number of ether oxygens (including phenoxy) is 1. The van der Waals surface area contributed by atoms with Crippen LogP contribution in [0.5, 0.6) is 5.75 Å². The van der Waals surface area contributed by atoms with Crippen molar-refractivity contribution in [2.45, 2.75) is 50.7 Å². The van der Waals surface area contributed by atoms with Gasteiger partial charge < -0.3 is 15.0 Å². The number of carbonyl (C=O) groups is 2. The Labute approximate surface area is 270 Å². The van der Waals surface area contributed by atoms with Gasteiger partial charge in [-0.15, -0.1) is 0 Å². The van der Waals surface area contributed by atoms with Gasteiger partial charge in [0.15, 0.2) is 0 Å². The number of nitrogens with zero attached hydrogens (tertiary/aromatic N) is 2. The molecule has 0 unspecified atom stereocenters. The number of hydrogen-bond donors (Lipinski definition) is 1. The van der Waals surface area contributed by atoms with Crippen molar-refractivity contribution in [2.75, 3.05) is 18.0 Å². The van der Waals surface area contributed by atoms with Gasteiger partial charge >= 0.3 is 0 Å². The first-order valence-electron chi connectivity index (χ1n) is 14.6. The standard InChI is InChI=1S/C35H38ClN3O5S/c1-25(2)37-35(41)33(22-27-9-6-5-7-10-27)38(23-28-11-8-12-31(21-28)44-4)34(40)24-39(30-17-15-29(36)16-18-30)45(42,43)32-19-13-26(3)14-20-32/h5-21,25,33H,22-24H2,1-4H3,(H,37,41)/t33-/m0/s1. The fourth-order valence-electron chi connectivity index (χ4n) is 4.88. The van der Waals surface area contributed by atoms with Crippen LogP contribution in [0.25, 0.3) is 0 Å². The molecule has 0 aliphatic heterocycles. The van der Waals surface area contributed by atoms with Crippen molar-refractivity contribution in [3.05, 3.63) is 125 Å². The normalized spacial score (nSPS) is 12.0. The Morgan fingerprint density at radius 2 is 1.51 bits per heavy atom. The summed E-state index contributed by atoms with van der Waals surface area (Å²) in [7, 11) is -2.65. The lowest BCUT2D eigenvalue weighted by Crippen LogP contribution is -2.54. The number of nitrogens with one attached hydrogen (secondary N) is 1. The van der Waals surface area contributed by atoms with E-state index in [-0.39, 0.29) is 35.5 Å². The molecule has 8 nitrogen and oxygen atoms in total. The van der Waals surface area contributed by atoms with Crippen LogP contribution in [0.4, 0.5) is 5.69 Å². The number of halogens is 1. The molecule has 0 aromatic heterocycles. The molecule has 0 radical (unpaired) electrons. The molecule has 0 aliphatic rings. The van der Waals surface area contributed by atoms with Crippen molar-refractivity contribution >= 4 is 39.1 Å². The van der Waals surface area contributed by atoms with Gasteiger partial charge in [-0.25, -0.2) is 8.42 Å². The Balaban J connectivity index is 1.81. The number of aryl methyl sites for hydroxylation is 1. The second kappa shape index (κ2) is 15.1. The van der Waals surface area contributed by atoms with E-state index in [1.54, 1.807) is 61.7 Å². The van der Waals surface area contributed by atoms with Crippen molar-refractivity contribution in [3.8, 4) is 5.75 Å². The van der Waals surface area contributed by atoms with Crippen LogP contribution in [0.3, 0.4) is 0 Å². The molecule has 10 heteroatoms. The number of sulfonamides is 1. The first kappa shape index (κ1) is 33.6. The van der Waals surface area contributed by atoms with Crippen molar-refractivity contribution in [3.63, 3.8) is 0 Å². The Morgan fingerprint density at radius 3 is 2.13 bits per heavy atom. The van der Waals surface area contributed by atoms with Gasteiger partial charge in [-0.2, -0.15) is 0 Å². The third-order valence-electron chi connectivity index (χ3n) is 7.19. The van der Waals surface area contributed by atoms with E-state index in [4.69, 9.17) is 16.3 Å². The Morgan fingerprint density at radius 1 is 0.867 bits per heavy atom. The molecule has 1 atom stereocenters. The topological polar surface area (TPSA) is 96.0 Å².